The van der Waals surface area contributed by atoms with Gasteiger partial charge in [0.15, 0.2) is 5.96 Å². The minimum atomic E-state index is -3.42. The highest BCUT2D eigenvalue weighted by Gasteiger charge is 2.29. The molecule has 1 aliphatic heterocycles. The van der Waals surface area contributed by atoms with Crippen LogP contribution in [-0.2, 0) is 22.3 Å². The molecule has 0 amide bonds. The summed E-state index contributed by atoms with van der Waals surface area (Å²) in [7, 11) is -1.69. The van der Waals surface area contributed by atoms with E-state index in [9.17, 15) is 8.42 Å². The maximum Gasteiger partial charge on any atom is 0.220 e. The number of rotatable bonds is 5. The molecule has 0 unspecified atom stereocenters. The molecule has 0 atom stereocenters. The van der Waals surface area contributed by atoms with Crippen LogP contribution in [-0.4, -0.2) is 66.9 Å². The van der Waals surface area contributed by atoms with Crippen LogP contribution in [0, 0.1) is 0 Å². The zero-order valence-electron chi connectivity index (χ0n) is 16.7. The smallest absolute Gasteiger partial charge is 0.220 e. The second kappa shape index (κ2) is 8.80. The fourth-order valence-electron chi connectivity index (χ4n) is 3.58. The highest BCUT2D eigenvalue weighted by Crippen LogP contribution is 2.16. The minimum absolute atomic E-state index is 0.147. The SMILES string of the molecule is CN=C(NCc1ccnc2ccccc12)N1CCN(S(=O)(=O)Cc2ccon2)CC1. The molecule has 0 bridgehead atoms. The highest BCUT2D eigenvalue weighted by atomic mass is 32.2. The summed E-state index contributed by atoms with van der Waals surface area (Å²) < 4.78 is 31.4. The number of guanidine groups is 1. The molecule has 158 valence electrons. The summed E-state index contributed by atoms with van der Waals surface area (Å²) >= 11 is 0. The summed E-state index contributed by atoms with van der Waals surface area (Å²) in [6.45, 7) is 2.54. The Kier molecular flexibility index (Phi) is 5.96. The third kappa shape index (κ3) is 4.44. The van der Waals surface area contributed by atoms with Crippen molar-refractivity contribution in [3.05, 3.63) is 60.1 Å². The van der Waals surface area contributed by atoms with Gasteiger partial charge in [-0.2, -0.15) is 4.31 Å². The van der Waals surface area contributed by atoms with Gasteiger partial charge in [0.05, 0.1) is 11.2 Å². The molecule has 3 heterocycles. The summed E-state index contributed by atoms with van der Waals surface area (Å²) in [4.78, 5) is 10.9. The van der Waals surface area contributed by atoms with Crippen molar-refractivity contribution in [3.8, 4) is 0 Å². The van der Waals surface area contributed by atoms with Crippen molar-refractivity contribution >= 4 is 26.9 Å². The molecule has 1 aliphatic rings. The van der Waals surface area contributed by atoms with Gasteiger partial charge >= 0.3 is 0 Å². The third-order valence-electron chi connectivity index (χ3n) is 5.14. The van der Waals surface area contributed by atoms with E-state index in [0.29, 0.717) is 38.4 Å². The van der Waals surface area contributed by atoms with Crippen molar-refractivity contribution in [2.24, 2.45) is 4.99 Å². The van der Waals surface area contributed by atoms with Crippen molar-refractivity contribution in [3.63, 3.8) is 0 Å². The Morgan fingerprint density at radius 2 is 1.97 bits per heavy atom. The maximum atomic E-state index is 12.6. The molecule has 30 heavy (non-hydrogen) atoms. The Bertz CT molecular complexity index is 1120. The van der Waals surface area contributed by atoms with Crippen LogP contribution in [0.15, 0.2) is 58.4 Å². The number of para-hydroxylation sites is 1. The number of benzene rings is 1. The Balaban J connectivity index is 1.36. The predicted molar refractivity (Wildman–Crippen MR) is 114 cm³/mol. The van der Waals surface area contributed by atoms with Gasteiger partial charge in [-0.25, -0.2) is 8.42 Å². The molecule has 0 saturated carbocycles. The lowest BCUT2D eigenvalue weighted by Gasteiger charge is -2.35. The van der Waals surface area contributed by atoms with Crippen LogP contribution in [0.1, 0.15) is 11.3 Å². The first-order chi connectivity index (χ1) is 14.6. The van der Waals surface area contributed by atoms with E-state index in [1.165, 1.54) is 10.6 Å². The van der Waals surface area contributed by atoms with Crippen LogP contribution in [0.25, 0.3) is 10.9 Å². The number of aromatic nitrogens is 2. The van der Waals surface area contributed by atoms with Gasteiger partial charge in [-0.05, 0) is 17.7 Å². The fraction of sp³-hybridized carbons (Fsp3) is 0.350. The first-order valence-corrected chi connectivity index (χ1v) is 11.3. The molecule has 1 N–H and O–H groups in total. The number of pyridine rings is 1. The zero-order chi connectivity index (χ0) is 21.0. The average molecular weight is 429 g/mol. The lowest BCUT2D eigenvalue weighted by molar-refractivity contribution is 0.259. The standard InChI is InChI=1S/C20H24N6O3S/c1-21-20(23-14-16-6-8-22-19-5-3-2-4-18(16)19)25-9-11-26(12-10-25)30(27,28)15-17-7-13-29-24-17/h2-8,13H,9-12,14-15H2,1H3,(H,21,23). The van der Waals surface area contributed by atoms with Gasteiger partial charge in [0.1, 0.15) is 12.0 Å². The van der Waals surface area contributed by atoms with Crippen LogP contribution in [0.3, 0.4) is 0 Å². The molecule has 0 radical (unpaired) electrons. The number of aliphatic imine (C=N–C) groups is 1. The van der Waals surface area contributed by atoms with Gasteiger partial charge in [0.25, 0.3) is 0 Å². The molecule has 1 aromatic carbocycles. The van der Waals surface area contributed by atoms with Crippen LogP contribution in [0.5, 0.6) is 0 Å². The normalized spacial score (nSPS) is 16.2. The van der Waals surface area contributed by atoms with Crippen molar-refractivity contribution < 1.29 is 12.9 Å². The molecule has 10 heteroatoms. The second-order valence-corrected chi connectivity index (χ2v) is 8.99. The topological polar surface area (TPSA) is 104 Å². The van der Waals surface area contributed by atoms with Gasteiger partial charge in [-0.1, -0.05) is 23.4 Å². The summed E-state index contributed by atoms with van der Waals surface area (Å²) in [6, 6.07) is 11.6. The van der Waals surface area contributed by atoms with E-state index in [1.807, 2.05) is 24.3 Å². The molecule has 3 aromatic rings. The average Bonchev–Trinajstić information content (AvgIpc) is 3.27. The highest BCUT2D eigenvalue weighted by molar-refractivity contribution is 7.88. The number of fused-ring (bicyclic) bond motifs is 1. The van der Waals surface area contributed by atoms with Gasteiger partial charge < -0.3 is 14.7 Å². The van der Waals surface area contributed by atoms with Crippen LogP contribution in [0.2, 0.25) is 0 Å². The fourth-order valence-corrected chi connectivity index (χ4v) is 5.01. The third-order valence-corrected chi connectivity index (χ3v) is 6.95. The largest absolute Gasteiger partial charge is 0.364 e. The predicted octanol–water partition coefficient (Wildman–Crippen LogP) is 1.45. The first-order valence-electron chi connectivity index (χ1n) is 9.72. The van der Waals surface area contributed by atoms with E-state index in [-0.39, 0.29) is 5.75 Å². The van der Waals surface area contributed by atoms with E-state index in [1.54, 1.807) is 19.3 Å². The number of piperazine rings is 1. The van der Waals surface area contributed by atoms with Crippen LogP contribution < -0.4 is 5.32 Å². The first kappa shape index (κ1) is 20.3. The van der Waals surface area contributed by atoms with E-state index < -0.39 is 10.0 Å². The minimum Gasteiger partial charge on any atom is -0.364 e. The lowest BCUT2D eigenvalue weighted by atomic mass is 10.1. The molecule has 2 aromatic heterocycles. The molecular weight excluding hydrogens is 404 g/mol. The monoisotopic (exact) mass is 428 g/mol. The summed E-state index contributed by atoms with van der Waals surface area (Å²) in [5, 5.41) is 8.20. The number of sulfonamides is 1. The second-order valence-electron chi connectivity index (χ2n) is 7.02. The quantitative estimate of drug-likeness (QED) is 0.484. The van der Waals surface area contributed by atoms with E-state index in [2.05, 4.69) is 31.4 Å². The lowest BCUT2D eigenvalue weighted by Crippen LogP contribution is -2.53. The van der Waals surface area contributed by atoms with Crippen LogP contribution >= 0.6 is 0 Å². The Labute approximate surface area is 175 Å². The molecule has 1 saturated heterocycles. The van der Waals surface area contributed by atoms with Crippen LogP contribution in [0.4, 0.5) is 0 Å². The van der Waals surface area contributed by atoms with E-state index in [0.717, 1.165) is 22.4 Å². The summed E-state index contributed by atoms with van der Waals surface area (Å²) in [6.07, 6.45) is 3.19. The van der Waals surface area contributed by atoms with Crippen molar-refractivity contribution in [1.82, 2.24) is 24.7 Å². The number of hydrogen-bond acceptors (Lipinski definition) is 6. The Hall–Kier alpha value is -2.98. The molecular formula is C20H24N6O3S. The van der Waals surface area contributed by atoms with Gasteiger partial charge in [0.2, 0.25) is 10.0 Å². The Morgan fingerprint density at radius 3 is 2.70 bits per heavy atom. The number of hydrogen-bond donors (Lipinski definition) is 1. The summed E-state index contributed by atoms with van der Waals surface area (Å²) in [5.41, 5.74) is 2.51. The van der Waals surface area contributed by atoms with Gasteiger partial charge in [-0.3, -0.25) is 9.98 Å². The number of nitrogens with one attached hydrogen (secondary N) is 1. The zero-order valence-corrected chi connectivity index (χ0v) is 17.5. The number of nitrogens with zero attached hydrogens (tertiary/aromatic N) is 5. The van der Waals surface area contributed by atoms with E-state index in [4.69, 9.17) is 4.52 Å². The van der Waals surface area contributed by atoms with Gasteiger partial charge in [-0.15, -0.1) is 0 Å². The van der Waals surface area contributed by atoms with Crippen molar-refractivity contribution in [2.45, 2.75) is 12.3 Å². The van der Waals surface area contributed by atoms with Crippen molar-refractivity contribution in [1.29, 1.82) is 0 Å². The van der Waals surface area contributed by atoms with Crippen molar-refractivity contribution in [2.75, 3.05) is 33.2 Å². The summed E-state index contributed by atoms with van der Waals surface area (Å²) in [5.74, 6) is 0.607. The Morgan fingerprint density at radius 1 is 1.17 bits per heavy atom. The molecule has 0 aliphatic carbocycles. The molecule has 4 rings (SSSR count). The maximum absolute atomic E-state index is 12.6. The molecule has 0 spiro atoms. The van der Waals surface area contributed by atoms with Gasteiger partial charge in [0, 0.05) is 57.4 Å². The van der Waals surface area contributed by atoms with E-state index >= 15 is 0 Å². The molecule has 9 nitrogen and oxygen atoms in total. The molecule has 1 fully saturated rings.